The second-order valence-corrected chi connectivity index (χ2v) is 7.62. The van der Waals surface area contributed by atoms with Crippen molar-refractivity contribution >= 4 is 17.3 Å². The van der Waals surface area contributed by atoms with E-state index in [4.69, 9.17) is 17.0 Å². The van der Waals surface area contributed by atoms with E-state index in [1.165, 1.54) is 11.4 Å². The van der Waals surface area contributed by atoms with Gasteiger partial charge in [-0.2, -0.15) is 0 Å². The largest absolute Gasteiger partial charge is 0.379 e. The molecule has 6 nitrogen and oxygen atoms in total. The van der Waals surface area contributed by atoms with Crippen molar-refractivity contribution in [3.8, 4) is 0 Å². The van der Waals surface area contributed by atoms with E-state index in [-0.39, 0.29) is 12.1 Å². The number of rotatable bonds is 5. The van der Waals surface area contributed by atoms with Crippen molar-refractivity contribution in [1.82, 2.24) is 24.7 Å². The Morgan fingerprint density at radius 2 is 2.00 bits per heavy atom. The first-order valence-corrected chi connectivity index (χ1v) is 9.96. The molecule has 144 valence electrons. The summed E-state index contributed by atoms with van der Waals surface area (Å²) in [5, 5.41) is 4.34. The molecule has 4 heterocycles. The number of thiocarbonyl (C=S) groups is 1. The summed E-state index contributed by atoms with van der Waals surface area (Å²) in [6.45, 7) is 7.64. The van der Waals surface area contributed by atoms with Gasteiger partial charge in [0.05, 0.1) is 31.0 Å². The molecule has 2 atom stereocenters. The van der Waals surface area contributed by atoms with E-state index in [0.717, 1.165) is 50.2 Å². The zero-order valence-corrected chi connectivity index (χ0v) is 16.8. The number of aromatic nitrogens is 2. The number of nitrogens with zero attached hydrogens (tertiary/aromatic N) is 4. The zero-order chi connectivity index (χ0) is 18.8. The highest BCUT2D eigenvalue weighted by Crippen LogP contribution is 2.38. The van der Waals surface area contributed by atoms with Gasteiger partial charge in [0.15, 0.2) is 5.11 Å². The average Bonchev–Trinajstić information content (AvgIpc) is 3.20. The molecule has 7 heteroatoms. The number of pyridine rings is 1. The number of morpholine rings is 1. The standard InChI is InChI=1S/C20H27N5OS/c1-15-6-7-17(23(15)2)19-18(16-5-3-4-8-21-16)22-20(27)25(19)10-9-24-11-13-26-14-12-24/h3-8,18-19H,9-14H2,1-2H3,(H,22,27)/t18-,19-/m0/s1. The van der Waals surface area contributed by atoms with Crippen molar-refractivity contribution in [3.63, 3.8) is 0 Å². The fourth-order valence-electron chi connectivity index (χ4n) is 3.97. The van der Waals surface area contributed by atoms with Gasteiger partial charge in [0.2, 0.25) is 0 Å². The van der Waals surface area contributed by atoms with Gasteiger partial charge >= 0.3 is 0 Å². The van der Waals surface area contributed by atoms with Crippen LogP contribution in [-0.4, -0.2) is 63.9 Å². The van der Waals surface area contributed by atoms with Crippen LogP contribution in [0.4, 0.5) is 0 Å². The molecule has 4 rings (SSSR count). The molecule has 0 amide bonds. The zero-order valence-electron chi connectivity index (χ0n) is 16.0. The summed E-state index contributed by atoms with van der Waals surface area (Å²) in [5.74, 6) is 0. The van der Waals surface area contributed by atoms with E-state index in [1.807, 2.05) is 18.3 Å². The lowest BCUT2D eigenvalue weighted by Gasteiger charge is -2.32. The molecule has 0 aromatic carbocycles. The molecule has 2 aromatic heterocycles. The minimum atomic E-state index is 0.0522. The van der Waals surface area contributed by atoms with Gasteiger partial charge in [-0.25, -0.2) is 0 Å². The SMILES string of the molecule is Cc1ccc([C@H]2[C@H](c3ccccn3)NC(=S)N2CCN2CCOCC2)n1C. The normalized spacial score (nSPS) is 23.6. The van der Waals surface area contributed by atoms with Crippen molar-refractivity contribution in [1.29, 1.82) is 0 Å². The van der Waals surface area contributed by atoms with Gasteiger partial charge in [0, 0.05) is 50.8 Å². The summed E-state index contributed by atoms with van der Waals surface area (Å²) in [6, 6.07) is 10.6. The lowest BCUT2D eigenvalue weighted by Crippen LogP contribution is -2.42. The van der Waals surface area contributed by atoms with Crippen LogP contribution in [0, 0.1) is 6.92 Å². The molecule has 0 unspecified atom stereocenters. The van der Waals surface area contributed by atoms with Gasteiger partial charge in [0.25, 0.3) is 0 Å². The molecule has 0 spiro atoms. The Morgan fingerprint density at radius 1 is 1.19 bits per heavy atom. The first-order chi connectivity index (χ1) is 13.1. The van der Waals surface area contributed by atoms with Crippen LogP contribution in [-0.2, 0) is 11.8 Å². The van der Waals surface area contributed by atoms with Gasteiger partial charge in [-0.1, -0.05) is 6.07 Å². The Hall–Kier alpha value is -1.96. The molecule has 2 saturated heterocycles. The van der Waals surface area contributed by atoms with Crippen LogP contribution in [0.15, 0.2) is 36.5 Å². The first-order valence-electron chi connectivity index (χ1n) is 9.55. The summed E-state index contributed by atoms with van der Waals surface area (Å²) in [5.41, 5.74) is 3.53. The second-order valence-electron chi connectivity index (χ2n) is 7.23. The predicted octanol–water partition coefficient (Wildman–Crippen LogP) is 2.03. The van der Waals surface area contributed by atoms with Gasteiger partial charge in [-0.05, 0) is 43.4 Å². The molecule has 0 radical (unpaired) electrons. The maximum Gasteiger partial charge on any atom is 0.170 e. The van der Waals surface area contributed by atoms with Crippen molar-refractivity contribution < 1.29 is 4.74 Å². The molecular weight excluding hydrogens is 358 g/mol. The third kappa shape index (κ3) is 3.72. The maximum absolute atomic E-state index is 5.75. The van der Waals surface area contributed by atoms with Crippen molar-refractivity contribution in [2.75, 3.05) is 39.4 Å². The predicted molar refractivity (Wildman–Crippen MR) is 110 cm³/mol. The summed E-state index contributed by atoms with van der Waals surface area (Å²) < 4.78 is 7.73. The third-order valence-electron chi connectivity index (χ3n) is 5.67. The third-order valence-corrected chi connectivity index (χ3v) is 6.03. The van der Waals surface area contributed by atoms with E-state index in [0.29, 0.717) is 0 Å². The molecule has 1 N–H and O–H groups in total. The van der Waals surface area contributed by atoms with Gasteiger partial charge < -0.3 is 19.5 Å². The quantitative estimate of drug-likeness (QED) is 0.795. The Balaban J connectivity index is 1.61. The molecule has 2 fully saturated rings. The van der Waals surface area contributed by atoms with Crippen molar-refractivity contribution in [2.24, 2.45) is 7.05 Å². The highest BCUT2D eigenvalue weighted by atomic mass is 32.1. The minimum absolute atomic E-state index is 0.0522. The van der Waals surface area contributed by atoms with Crippen molar-refractivity contribution in [2.45, 2.75) is 19.0 Å². The van der Waals surface area contributed by atoms with Crippen LogP contribution in [0.3, 0.4) is 0 Å². The fourth-order valence-corrected chi connectivity index (χ4v) is 4.30. The van der Waals surface area contributed by atoms with E-state index in [2.05, 4.69) is 56.8 Å². The monoisotopic (exact) mass is 385 g/mol. The lowest BCUT2D eigenvalue weighted by atomic mass is 10.0. The van der Waals surface area contributed by atoms with E-state index < -0.39 is 0 Å². The van der Waals surface area contributed by atoms with Crippen molar-refractivity contribution in [3.05, 3.63) is 53.6 Å². The highest BCUT2D eigenvalue weighted by Gasteiger charge is 2.41. The molecule has 2 aliphatic heterocycles. The van der Waals surface area contributed by atoms with Gasteiger partial charge in [0.1, 0.15) is 0 Å². The number of ether oxygens (including phenoxy) is 1. The molecule has 27 heavy (non-hydrogen) atoms. The van der Waals surface area contributed by atoms with Crippen LogP contribution in [0.1, 0.15) is 29.2 Å². The second kappa shape index (κ2) is 7.96. The Kier molecular flexibility index (Phi) is 5.43. The van der Waals surface area contributed by atoms with E-state index in [1.54, 1.807) is 0 Å². The van der Waals surface area contributed by atoms with Crippen LogP contribution in [0.5, 0.6) is 0 Å². The summed E-state index contributed by atoms with van der Waals surface area (Å²) in [4.78, 5) is 9.39. The molecular formula is C20H27N5OS. The van der Waals surface area contributed by atoms with E-state index >= 15 is 0 Å². The lowest BCUT2D eigenvalue weighted by molar-refractivity contribution is 0.0349. The topological polar surface area (TPSA) is 45.6 Å². The average molecular weight is 386 g/mol. The maximum atomic E-state index is 5.75. The Morgan fingerprint density at radius 3 is 2.67 bits per heavy atom. The number of hydrogen-bond acceptors (Lipinski definition) is 4. The Bertz CT molecular complexity index is 787. The van der Waals surface area contributed by atoms with Crippen LogP contribution in [0.25, 0.3) is 0 Å². The molecule has 0 bridgehead atoms. The van der Waals surface area contributed by atoms with E-state index in [9.17, 15) is 0 Å². The fraction of sp³-hybridized carbons (Fsp3) is 0.500. The number of aryl methyl sites for hydroxylation is 1. The Labute approximate surface area is 166 Å². The highest BCUT2D eigenvalue weighted by molar-refractivity contribution is 7.80. The molecule has 2 aromatic rings. The first kappa shape index (κ1) is 18.4. The summed E-state index contributed by atoms with van der Waals surface area (Å²) in [7, 11) is 2.13. The number of hydrogen-bond donors (Lipinski definition) is 1. The molecule has 0 saturated carbocycles. The minimum Gasteiger partial charge on any atom is -0.379 e. The van der Waals surface area contributed by atoms with Crippen LogP contribution >= 0.6 is 12.2 Å². The molecule has 2 aliphatic rings. The smallest absolute Gasteiger partial charge is 0.170 e. The van der Waals surface area contributed by atoms with Gasteiger partial charge in [-0.15, -0.1) is 0 Å². The van der Waals surface area contributed by atoms with Crippen LogP contribution in [0.2, 0.25) is 0 Å². The van der Waals surface area contributed by atoms with Gasteiger partial charge in [-0.3, -0.25) is 9.88 Å². The summed E-state index contributed by atoms with van der Waals surface area (Å²) >= 11 is 5.75. The number of nitrogens with one attached hydrogen (secondary N) is 1. The summed E-state index contributed by atoms with van der Waals surface area (Å²) in [6.07, 6.45) is 1.85. The molecule has 0 aliphatic carbocycles. The van der Waals surface area contributed by atoms with Crippen LogP contribution < -0.4 is 5.32 Å².